The summed E-state index contributed by atoms with van der Waals surface area (Å²) >= 11 is 0. The van der Waals surface area contributed by atoms with Crippen molar-refractivity contribution < 1.29 is 28.8 Å². The van der Waals surface area contributed by atoms with Crippen LogP contribution in [0.15, 0.2) is 138 Å². The van der Waals surface area contributed by atoms with Gasteiger partial charge in [-0.25, -0.2) is 10.4 Å². The van der Waals surface area contributed by atoms with Gasteiger partial charge in [0.2, 0.25) is 5.90 Å². The molecular formula is C43H45N3O6. The number of carbonyl (C=O) groups excluding carboxylic acids is 1. The Kier molecular flexibility index (Phi) is 12.5. The Balaban J connectivity index is 1.12. The first-order valence-corrected chi connectivity index (χ1v) is 17.7. The zero-order chi connectivity index (χ0) is 36.0. The normalized spacial score (nSPS) is 16.4. The second-order valence-corrected chi connectivity index (χ2v) is 12.7. The first-order chi connectivity index (χ1) is 25.5. The van der Waals surface area contributed by atoms with E-state index in [1.807, 2.05) is 140 Å². The van der Waals surface area contributed by atoms with Crippen molar-refractivity contribution in [2.45, 2.75) is 51.0 Å². The van der Waals surface area contributed by atoms with Crippen LogP contribution in [0.4, 0.5) is 0 Å². The van der Waals surface area contributed by atoms with Crippen LogP contribution in [-0.2, 0) is 35.6 Å². The molecule has 0 spiro atoms. The molecule has 0 aromatic heterocycles. The molecule has 1 heterocycles. The highest BCUT2D eigenvalue weighted by atomic mass is 16.5. The molecule has 0 saturated carbocycles. The van der Waals surface area contributed by atoms with Gasteiger partial charge in [0.15, 0.2) is 17.0 Å². The SMILES string of the molecule is C[C@@H]1OC(c2ccc(OCCCO)cc2)=N[C@]1(Cc1ccccc1)C(=O)NNCCc1ccc(OCc2ccccc2)c(OCc2ccccc2)c1. The number of benzene rings is 5. The Morgan fingerprint density at radius 1 is 0.750 bits per heavy atom. The molecule has 2 atom stereocenters. The molecule has 9 nitrogen and oxygen atoms in total. The first kappa shape index (κ1) is 36.2. The second-order valence-electron chi connectivity index (χ2n) is 12.7. The molecule has 1 aliphatic heterocycles. The predicted molar refractivity (Wildman–Crippen MR) is 201 cm³/mol. The van der Waals surface area contributed by atoms with E-state index < -0.39 is 11.6 Å². The van der Waals surface area contributed by atoms with E-state index >= 15 is 0 Å². The van der Waals surface area contributed by atoms with Crippen LogP contribution in [0.25, 0.3) is 0 Å². The van der Waals surface area contributed by atoms with E-state index in [4.69, 9.17) is 29.0 Å². The number of amides is 1. The predicted octanol–water partition coefficient (Wildman–Crippen LogP) is 6.62. The lowest BCUT2D eigenvalue weighted by atomic mass is 9.86. The third-order valence-corrected chi connectivity index (χ3v) is 8.87. The Morgan fingerprint density at radius 3 is 2.00 bits per heavy atom. The van der Waals surface area contributed by atoms with E-state index in [1.54, 1.807) is 0 Å². The Bertz CT molecular complexity index is 1890. The third-order valence-electron chi connectivity index (χ3n) is 8.87. The highest BCUT2D eigenvalue weighted by Gasteiger charge is 2.50. The molecule has 3 N–H and O–H groups in total. The van der Waals surface area contributed by atoms with Crippen molar-refractivity contribution >= 4 is 11.8 Å². The molecule has 52 heavy (non-hydrogen) atoms. The van der Waals surface area contributed by atoms with Gasteiger partial charge in [-0.05, 0) is 72.0 Å². The molecule has 1 amide bonds. The quantitative estimate of drug-likeness (QED) is 0.0697. The van der Waals surface area contributed by atoms with Crippen LogP contribution in [0.1, 0.15) is 41.2 Å². The first-order valence-electron chi connectivity index (χ1n) is 17.7. The fourth-order valence-corrected chi connectivity index (χ4v) is 5.92. The lowest BCUT2D eigenvalue weighted by molar-refractivity contribution is -0.129. The number of hydrogen-bond donors (Lipinski definition) is 3. The molecule has 0 aliphatic carbocycles. The highest BCUT2D eigenvalue weighted by molar-refractivity contribution is 6.00. The molecule has 0 unspecified atom stereocenters. The monoisotopic (exact) mass is 699 g/mol. The number of aliphatic imine (C=N–C) groups is 1. The van der Waals surface area contributed by atoms with E-state index in [0.29, 0.717) is 68.8 Å². The molecule has 5 aromatic carbocycles. The van der Waals surface area contributed by atoms with Crippen LogP contribution in [0.2, 0.25) is 0 Å². The molecule has 0 radical (unpaired) electrons. The van der Waals surface area contributed by atoms with Crippen LogP contribution in [0, 0.1) is 0 Å². The number of hydrogen-bond acceptors (Lipinski definition) is 8. The number of rotatable bonds is 18. The molecule has 6 rings (SSSR count). The summed E-state index contributed by atoms with van der Waals surface area (Å²) in [5.41, 5.74) is 9.76. The average molecular weight is 700 g/mol. The van der Waals surface area contributed by atoms with Crippen molar-refractivity contribution in [1.29, 1.82) is 0 Å². The number of ether oxygens (including phenoxy) is 4. The number of nitrogens with one attached hydrogen (secondary N) is 2. The standard InChI is InChI=1S/C43H45N3O6/c1-32-43(29-34-12-5-2-6-13-34,45-41(52-32)37-19-21-38(22-20-37)49-27-11-26-47)42(48)46-44-25-24-33-18-23-39(50-30-35-14-7-3-8-15-35)40(28-33)51-31-36-16-9-4-10-17-36/h2-10,12-23,28,32,44,47H,11,24-27,29-31H2,1H3,(H,46,48)/t32-,43-/m0/s1. The maximum atomic E-state index is 14.0. The minimum Gasteiger partial charge on any atom is -0.494 e. The number of nitrogens with zero attached hydrogens (tertiary/aromatic N) is 1. The zero-order valence-corrected chi connectivity index (χ0v) is 29.4. The van der Waals surface area contributed by atoms with E-state index in [-0.39, 0.29) is 12.5 Å². The Hall–Kier alpha value is -5.64. The lowest BCUT2D eigenvalue weighted by Gasteiger charge is -2.28. The summed E-state index contributed by atoms with van der Waals surface area (Å²) < 4.78 is 24.4. The van der Waals surface area contributed by atoms with Gasteiger partial charge in [0, 0.05) is 31.6 Å². The highest BCUT2D eigenvalue weighted by Crippen LogP contribution is 2.33. The van der Waals surface area contributed by atoms with Gasteiger partial charge in [-0.3, -0.25) is 10.2 Å². The zero-order valence-electron chi connectivity index (χ0n) is 29.4. The van der Waals surface area contributed by atoms with E-state index in [9.17, 15) is 4.79 Å². The molecule has 1 aliphatic rings. The topological polar surface area (TPSA) is 111 Å². The number of aliphatic hydroxyl groups excluding tert-OH is 1. The van der Waals surface area contributed by atoms with Gasteiger partial charge in [-0.2, -0.15) is 0 Å². The largest absolute Gasteiger partial charge is 0.494 e. The van der Waals surface area contributed by atoms with Crippen molar-refractivity contribution in [2.75, 3.05) is 19.8 Å². The average Bonchev–Trinajstić information content (AvgIpc) is 3.52. The number of hydrazine groups is 1. The minimum atomic E-state index is -1.20. The molecule has 268 valence electrons. The molecule has 9 heteroatoms. The van der Waals surface area contributed by atoms with Crippen molar-refractivity contribution in [3.63, 3.8) is 0 Å². The van der Waals surface area contributed by atoms with Gasteiger partial charge in [0.1, 0.15) is 25.1 Å². The summed E-state index contributed by atoms with van der Waals surface area (Å²) in [5, 5.41) is 9.04. The van der Waals surface area contributed by atoms with Crippen LogP contribution in [0.3, 0.4) is 0 Å². The summed E-state index contributed by atoms with van der Waals surface area (Å²) in [6.07, 6.45) is 1.01. The van der Waals surface area contributed by atoms with Crippen molar-refractivity contribution in [2.24, 2.45) is 4.99 Å². The second kappa shape index (κ2) is 18.0. The fourth-order valence-electron chi connectivity index (χ4n) is 5.92. The van der Waals surface area contributed by atoms with Gasteiger partial charge < -0.3 is 24.1 Å². The minimum absolute atomic E-state index is 0.0736. The maximum Gasteiger partial charge on any atom is 0.266 e. The fraction of sp³-hybridized carbons (Fsp3) is 0.256. The summed E-state index contributed by atoms with van der Waals surface area (Å²) in [6, 6.07) is 43.3. The molecule has 0 bridgehead atoms. The molecule has 0 fully saturated rings. The van der Waals surface area contributed by atoms with E-state index in [0.717, 1.165) is 27.8 Å². The van der Waals surface area contributed by atoms with Crippen LogP contribution >= 0.6 is 0 Å². The summed E-state index contributed by atoms with van der Waals surface area (Å²) in [5.74, 6) is 2.13. The maximum absolute atomic E-state index is 14.0. The van der Waals surface area contributed by atoms with E-state index in [2.05, 4.69) is 10.9 Å². The third kappa shape index (κ3) is 9.57. The van der Waals surface area contributed by atoms with Crippen LogP contribution in [0.5, 0.6) is 17.2 Å². The van der Waals surface area contributed by atoms with Crippen LogP contribution < -0.4 is 25.1 Å². The van der Waals surface area contributed by atoms with Gasteiger partial charge in [-0.1, -0.05) is 97.1 Å². The summed E-state index contributed by atoms with van der Waals surface area (Å²) in [6.45, 7) is 3.69. The molecule has 0 saturated heterocycles. The van der Waals surface area contributed by atoms with E-state index in [1.165, 1.54) is 0 Å². The van der Waals surface area contributed by atoms with Gasteiger partial charge in [0.05, 0.1) is 6.61 Å². The number of carbonyl (C=O) groups is 1. The van der Waals surface area contributed by atoms with Gasteiger partial charge in [0.25, 0.3) is 5.91 Å². The van der Waals surface area contributed by atoms with Crippen LogP contribution in [-0.4, -0.2) is 48.3 Å². The molecule has 5 aromatic rings. The lowest BCUT2D eigenvalue weighted by Crippen LogP contribution is -2.56. The van der Waals surface area contributed by atoms with Gasteiger partial charge >= 0.3 is 0 Å². The molecular weight excluding hydrogens is 654 g/mol. The Morgan fingerprint density at radius 2 is 1.37 bits per heavy atom. The van der Waals surface area contributed by atoms with Crippen molar-refractivity contribution in [3.05, 3.63) is 161 Å². The smallest absolute Gasteiger partial charge is 0.266 e. The Labute approximate surface area is 305 Å². The summed E-state index contributed by atoms with van der Waals surface area (Å²) in [7, 11) is 0. The van der Waals surface area contributed by atoms with Crippen molar-refractivity contribution in [1.82, 2.24) is 10.9 Å². The number of aliphatic hydroxyl groups is 1. The van der Waals surface area contributed by atoms with Crippen molar-refractivity contribution in [3.8, 4) is 17.2 Å². The summed E-state index contributed by atoms with van der Waals surface area (Å²) in [4.78, 5) is 19.0. The van der Waals surface area contributed by atoms with Gasteiger partial charge in [-0.15, -0.1) is 0 Å².